The molecule has 0 unspecified atom stereocenters. The van der Waals surface area contributed by atoms with E-state index >= 15 is 0 Å². The van der Waals surface area contributed by atoms with Gasteiger partial charge in [-0.05, 0) is 39.8 Å². The fourth-order valence-electron chi connectivity index (χ4n) is 3.56. The van der Waals surface area contributed by atoms with Crippen molar-refractivity contribution in [1.29, 1.82) is 0 Å². The second kappa shape index (κ2) is 8.56. The molecule has 7 heteroatoms. The summed E-state index contributed by atoms with van der Waals surface area (Å²) >= 11 is 0. The maximum Gasteiger partial charge on any atom is 0.310 e. The normalized spacial score (nSPS) is 19.5. The zero-order chi connectivity index (χ0) is 20.3. The zero-order valence-electron chi connectivity index (χ0n) is 16.8. The molecule has 0 aliphatic carbocycles. The minimum atomic E-state index is -0.429. The van der Waals surface area contributed by atoms with Crippen molar-refractivity contribution in [1.82, 2.24) is 14.7 Å². The van der Waals surface area contributed by atoms with Crippen LogP contribution in [-0.4, -0.2) is 58.5 Å². The lowest BCUT2D eigenvalue weighted by Crippen LogP contribution is -2.49. The molecule has 1 fully saturated rings. The fourth-order valence-corrected chi connectivity index (χ4v) is 3.56. The molecule has 1 aliphatic rings. The Morgan fingerprint density at radius 1 is 1.14 bits per heavy atom. The van der Waals surface area contributed by atoms with Crippen LogP contribution in [0.3, 0.4) is 0 Å². The molecular weight excluding hydrogens is 358 g/mol. The summed E-state index contributed by atoms with van der Waals surface area (Å²) in [7, 11) is 0. The summed E-state index contributed by atoms with van der Waals surface area (Å²) < 4.78 is 12.7. The first-order valence-electron chi connectivity index (χ1n) is 9.54. The summed E-state index contributed by atoms with van der Waals surface area (Å²) in [5, 5.41) is 4.54. The van der Waals surface area contributed by atoms with Crippen LogP contribution >= 0.6 is 0 Å². The van der Waals surface area contributed by atoms with E-state index in [0.29, 0.717) is 13.1 Å². The van der Waals surface area contributed by atoms with E-state index in [1.165, 1.54) is 0 Å². The number of aryl methyl sites for hydroxylation is 1. The van der Waals surface area contributed by atoms with Gasteiger partial charge in [0.25, 0.3) is 5.91 Å². The first-order valence-corrected chi connectivity index (χ1v) is 9.54. The maximum absolute atomic E-state index is 12.3. The van der Waals surface area contributed by atoms with Gasteiger partial charge in [-0.1, -0.05) is 18.2 Å². The summed E-state index contributed by atoms with van der Waals surface area (Å²) in [6, 6.07) is 9.76. The average molecular weight is 385 g/mol. The second-order valence-electron chi connectivity index (χ2n) is 7.29. The Balaban J connectivity index is 1.59. The highest BCUT2D eigenvalue weighted by Gasteiger charge is 2.26. The molecule has 1 aliphatic heterocycles. The minimum absolute atomic E-state index is 0.0162. The summed E-state index contributed by atoms with van der Waals surface area (Å²) in [4.78, 5) is 26.4. The number of carbonyl (C=O) groups is 2. The van der Waals surface area contributed by atoms with E-state index in [4.69, 9.17) is 9.47 Å². The Hall–Kier alpha value is -2.67. The monoisotopic (exact) mass is 385 g/mol. The number of amides is 1. The fraction of sp³-hybridized carbons (Fsp3) is 0.476. The molecule has 0 saturated carbocycles. The van der Waals surface area contributed by atoms with Gasteiger partial charge in [0.2, 0.25) is 0 Å². The van der Waals surface area contributed by atoms with Crippen LogP contribution < -0.4 is 0 Å². The Labute approximate surface area is 165 Å². The number of para-hydroxylation sites is 1. The van der Waals surface area contributed by atoms with Crippen molar-refractivity contribution in [2.75, 3.05) is 19.7 Å². The molecule has 0 spiro atoms. The third-order valence-electron chi connectivity index (χ3n) is 4.89. The molecule has 3 rings (SSSR count). The van der Waals surface area contributed by atoms with Crippen molar-refractivity contribution in [3.8, 4) is 5.69 Å². The third-order valence-corrected chi connectivity index (χ3v) is 4.89. The van der Waals surface area contributed by atoms with Gasteiger partial charge in [-0.2, -0.15) is 5.10 Å². The van der Waals surface area contributed by atoms with Crippen LogP contribution in [0.25, 0.3) is 5.69 Å². The Bertz CT molecular complexity index is 837. The molecule has 1 saturated heterocycles. The van der Waals surface area contributed by atoms with E-state index in [9.17, 15) is 9.59 Å². The first-order chi connectivity index (χ1) is 13.3. The van der Waals surface area contributed by atoms with Gasteiger partial charge in [0.1, 0.15) is 0 Å². The van der Waals surface area contributed by atoms with Gasteiger partial charge in [-0.25, -0.2) is 4.68 Å². The van der Waals surface area contributed by atoms with Gasteiger partial charge in [0.15, 0.2) is 6.61 Å². The molecule has 0 N–H and O–H groups in total. The number of esters is 1. The molecule has 150 valence electrons. The van der Waals surface area contributed by atoms with Crippen molar-refractivity contribution in [2.45, 2.75) is 46.3 Å². The number of hydrogen-bond acceptors (Lipinski definition) is 5. The van der Waals surface area contributed by atoms with Crippen LogP contribution in [0.15, 0.2) is 30.3 Å². The van der Waals surface area contributed by atoms with Gasteiger partial charge in [0, 0.05) is 24.3 Å². The number of benzene rings is 1. The Morgan fingerprint density at radius 2 is 1.79 bits per heavy atom. The summed E-state index contributed by atoms with van der Waals surface area (Å²) in [5.74, 6) is -0.620. The Kier molecular flexibility index (Phi) is 6.14. The average Bonchev–Trinajstić information content (AvgIpc) is 2.94. The quantitative estimate of drug-likeness (QED) is 0.738. The van der Waals surface area contributed by atoms with E-state index in [0.717, 1.165) is 22.6 Å². The molecule has 7 nitrogen and oxygen atoms in total. The molecule has 0 radical (unpaired) electrons. The summed E-state index contributed by atoms with van der Waals surface area (Å²) in [6.07, 6.45) is 0.0586. The molecular formula is C21H27N3O4. The van der Waals surface area contributed by atoms with Crippen LogP contribution in [0, 0.1) is 13.8 Å². The summed E-state index contributed by atoms with van der Waals surface area (Å²) in [5.41, 5.74) is 3.44. The van der Waals surface area contributed by atoms with Crippen molar-refractivity contribution in [2.24, 2.45) is 0 Å². The predicted molar refractivity (Wildman–Crippen MR) is 104 cm³/mol. The Morgan fingerprint density at radius 3 is 2.43 bits per heavy atom. The number of aromatic nitrogens is 2. The number of morpholine rings is 1. The van der Waals surface area contributed by atoms with Crippen LogP contribution in [0.1, 0.15) is 30.8 Å². The molecule has 28 heavy (non-hydrogen) atoms. The van der Waals surface area contributed by atoms with E-state index in [-0.39, 0.29) is 31.1 Å². The zero-order valence-corrected chi connectivity index (χ0v) is 16.8. The van der Waals surface area contributed by atoms with Gasteiger partial charge in [0.05, 0.1) is 30.0 Å². The molecule has 1 aromatic carbocycles. The highest BCUT2D eigenvalue weighted by Crippen LogP contribution is 2.19. The van der Waals surface area contributed by atoms with Gasteiger partial charge in [-0.15, -0.1) is 0 Å². The molecule has 1 amide bonds. The van der Waals surface area contributed by atoms with Gasteiger partial charge in [-0.3, -0.25) is 9.59 Å². The number of nitrogens with zero attached hydrogens (tertiary/aromatic N) is 3. The van der Waals surface area contributed by atoms with Crippen LogP contribution in [0.4, 0.5) is 0 Å². The van der Waals surface area contributed by atoms with E-state index in [1.54, 1.807) is 4.90 Å². The molecule has 0 bridgehead atoms. The standard InChI is InChI=1S/C21H27N3O4/c1-14-11-23(12-15(2)28-14)20(25)13-27-21(26)10-19-16(3)22-24(17(19)4)18-8-6-5-7-9-18/h5-9,14-15H,10-13H2,1-4H3/t14-,15+. The van der Waals surface area contributed by atoms with Crippen molar-refractivity contribution < 1.29 is 19.1 Å². The predicted octanol–water partition coefficient (Wildman–Crippen LogP) is 2.21. The van der Waals surface area contributed by atoms with Crippen molar-refractivity contribution in [3.63, 3.8) is 0 Å². The van der Waals surface area contributed by atoms with Crippen LogP contribution in [0.5, 0.6) is 0 Å². The van der Waals surface area contributed by atoms with E-state index in [1.807, 2.05) is 62.7 Å². The topological polar surface area (TPSA) is 73.7 Å². The minimum Gasteiger partial charge on any atom is -0.455 e. The number of hydrogen-bond donors (Lipinski definition) is 0. The highest BCUT2D eigenvalue weighted by atomic mass is 16.5. The molecule has 1 aromatic heterocycles. The third kappa shape index (κ3) is 4.59. The van der Waals surface area contributed by atoms with Crippen molar-refractivity contribution >= 4 is 11.9 Å². The highest BCUT2D eigenvalue weighted by molar-refractivity contribution is 5.81. The lowest BCUT2D eigenvalue weighted by atomic mass is 10.1. The smallest absolute Gasteiger partial charge is 0.310 e. The van der Waals surface area contributed by atoms with E-state index in [2.05, 4.69) is 5.10 Å². The lowest BCUT2D eigenvalue weighted by Gasteiger charge is -2.35. The van der Waals surface area contributed by atoms with Crippen LogP contribution in [0.2, 0.25) is 0 Å². The largest absolute Gasteiger partial charge is 0.455 e. The van der Waals surface area contributed by atoms with E-state index < -0.39 is 5.97 Å². The molecule has 2 aromatic rings. The summed E-state index contributed by atoms with van der Waals surface area (Å²) in [6.45, 7) is 8.44. The van der Waals surface area contributed by atoms with Crippen molar-refractivity contribution in [3.05, 3.63) is 47.3 Å². The second-order valence-corrected chi connectivity index (χ2v) is 7.29. The lowest BCUT2D eigenvalue weighted by molar-refractivity contribution is -0.156. The maximum atomic E-state index is 12.3. The SMILES string of the molecule is Cc1nn(-c2ccccc2)c(C)c1CC(=O)OCC(=O)N1C[C@@H](C)O[C@@H](C)C1. The molecule has 2 heterocycles. The number of carbonyl (C=O) groups excluding carboxylic acids is 2. The molecule has 2 atom stereocenters. The first kappa shape index (κ1) is 20.1. The number of rotatable bonds is 5. The van der Waals surface area contributed by atoms with Gasteiger partial charge < -0.3 is 14.4 Å². The van der Waals surface area contributed by atoms with Gasteiger partial charge >= 0.3 is 5.97 Å². The number of ether oxygens (including phenoxy) is 2. The van der Waals surface area contributed by atoms with Crippen LogP contribution in [-0.2, 0) is 25.5 Å².